The first-order valence-electron chi connectivity index (χ1n) is 4.54. The van der Waals surface area contributed by atoms with Crippen LogP contribution in [0.1, 0.15) is 16.1 Å². The zero-order valence-electron chi connectivity index (χ0n) is 8.44. The predicted octanol–water partition coefficient (Wildman–Crippen LogP) is 3.55. The fourth-order valence-electron chi connectivity index (χ4n) is 1.15. The quantitative estimate of drug-likeness (QED) is 0.783. The fraction of sp³-hybridized carbons (Fsp3) is 0.0909. The average Bonchev–Trinajstić information content (AvgIpc) is 2.67. The first kappa shape index (κ1) is 11.3. The molecule has 0 radical (unpaired) electrons. The maximum Gasteiger partial charge on any atom is 0.154 e. The molecule has 0 aliphatic rings. The van der Waals surface area contributed by atoms with Gasteiger partial charge in [0.2, 0.25) is 0 Å². The summed E-state index contributed by atoms with van der Waals surface area (Å²) in [6.45, 7) is 1.90. The van der Waals surface area contributed by atoms with Crippen molar-refractivity contribution in [2.45, 2.75) is 16.2 Å². The standard InChI is InChI=1S/C11H8FNOS2/c1-7-6-15-11(13-7)16-10-3-2-8(5-14)4-9(10)12/h2-6H,1H3. The van der Waals surface area contributed by atoms with E-state index in [-0.39, 0.29) is 5.82 Å². The topological polar surface area (TPSA) is 30.0 Å². The van der Waals surface area contributed by atoms with Crippen LogP contribution in [-0.4, -0.2) is 11.3 Å². The number of hydrogen-bond acceptors (Lipinski definition) is 4. The van der Waals surface area contributed by atoms with E-state index in [0.29, 0.717) is 16.7 Å². The Morgan fingerprint density at radius 3 is 2.88 bits per heavy atom. The van der Waals surface area contributed by atoms with Gasteiger partial charge in [0.05, 0.1) is 4.90 Å². The molecule has 0 unspecified atom stereocenters. The summed E-state index contributed by atoms with van der Waals surface area (Å²) >= 11 is 2.75. The van der Waals surface area contributed by atoms with Crippen LogP contribution in [0.4, 0.5) is 4.39 Å². The van der Waals surface area contributed by atoms with Crippen LogP contribution in [0.3, 0.4) is 0 Å². The second-order valence-electron chi connectivity index (χ2n) is 3.16. The smallest absolute Gasteiger partial charge is 0.154 e. The van der Waals surface area contributed by atoms with Crippen molar-refractivity contribution in [2.75, 3.05) is 0 Å². The van der Waals surface area contributed by atoms with Crippen molar-refractivity contribution in [2.24, 2.45) is 0 Å². The van der Waals surface area contributed by atoms with E-state index in [9.17, 15) is 9.18 Å². The zero-order valence-corrected chi connectivity index (χ0v) is 10.1. The van der Waals surface area contributed by atoms with Crippen molar-refractivity contribution in [1.82, 2.24) is 4.98 Å². The number of nitrogens with zero attached hydrogens (tertiary/aromatic N) is 1. The molecule has 0 fully saturated rings. The Kier molecular flexibility index (Phi) is 3.36. The molecule has 1 aromatic heterocycles. The molecule has 0 aliphatic heterocycles. The Morgan fingerprint density at radius 2 is 2.31 bits per heavy atom. The summed E-state index contributed by atoms with van der Waals surface area (Å²) in [4.78, 5) is 15.2. The van der Waals surface area contributed by atoms with Crippen LogP contribution in [0, 0.1) is 12.7 Å². The van der Waals surface area contributed by atoms with Crippen LogP contribution < -0.4 is 0 Å². The molecule has 2 nitrogen and oxygen atoms in total. The molecule has 0 N–H and O–H groups in total. The minimum Gasteiger partial charge on any atom is -0.298 e. The number of aldehydes is 1. The van der Waals surface area contributed by atoms with Gasteiger partial charge in [0.1, 0.15) is 12.1 Å². The summed E-state index contributed by atoms with van der Waals surface area (Å²) in [5.74, 6) is -0.387. The summed E-state index contributed by atoms with van der Waals surface area (Å²) in [7, 11) is 0. The third-order valence-electron chi connectivity index (χ3n) is 1.89. The van der Waals surface area contributed by atoms with Gasteiger partial charge in [-0.05, 0) is 19.1 Å². The highest BCUT2D eigenvalue weighted by Gasteiger charge is 2.07. The molecule has 1 heterocycles. The van der Waals surface area contributed by atoms with Gasteiger partial charge >= 0.3 is 0 Å². The van der Waals surface area contributed by atoms with E-state index in [4.69, 9.17) is 0 Å². The Bertz CT molecular complexity index is 524. The third-order valence-corrected chi connectivity index (χ3v) is 3.99. The molecule has 0 amide bonds. The van der Waals surface area contributed by atoms with Crippen molar-refractivity contribution in [1.29, 1.82) is 0 Å². The van der Waals surface area contributed by atoms with Crippen LogP contribution in [0.2, 0.25) is 0 Å². The summed E-state index contributed by atoms with van der Waals surface area (Å²) in [5.41, 5.74) is 1.27. The van der Waals surface area contributed by atoms with Gasteiger partial charge in [-0.3, -0.25) is 4.79 Å². The third kappa shape index (κ3) is 2.48. The molecular weight excluding hydrogens is 245 g/mol. The Balaban J connectivity index is 2.25. The van der Waals surface area contributed by atoms with Crippen LogP contribution in [-0.2, 0) is 0 Å². The largest absolute Gasteiger partial charge is 0.298 e. The first-order valence-corrected chi connectivity index (χ1v) is 6.23. The van der Waals surface area contributed by atoms with E-state index < -0.39 is 0 Å². The van der Waals surface area contributed by atoms with Gasteiger partial charge in [-0.15, -0.1) is 11.3 Å². The molecule has 0 aliphatic carbocycles. The van der Waals surface area contributed by atoms with Crippen LogP contribution in [0.15, 0.2) is 32.8 Å². The minimum atomic E-state index is -0.387. The zero-order chi connectivity index (χ0) is 11.5. The summed E-state index contributed by atoms with van der Waals surface area (Å²) in [6, 6.07) is 4.43. The number of aromatic nitrogens is 1. The molecule has 5 heteroatoms. The second-order valence-corrected chi connectivity index (χ2v) is 5.31. The van der Waals surface area contributed by atoms with Crippen molar-refractivity contribution in [3.8, 4) is 0 Å². The second kappa shape index (κ2) is 4.76. The van der Waals surface area contributed by atoms with Gasteiger partial charge < -0.3 is 0 Å². The van der Waals surface area contributed by atoms with Crippen molar-refractivity contribution < 1.29 is 9.18 Å². The monoisotopic (exact) mass is 253 g/mol. The normalized spacial score (nSPS) is 10.4. The number of hydrogen-bond donors (Lipinski definition) is 0. The molecule has 82 valence electrons. The molecule has 0 spiro atoms. The maximum atomic E-state index is 13.5. The van der Waals surface area contributed by atoms with Gasteiger partial charge in [-0.2, -0.15) is 0 Å². The summed E-state index contributed by atoms with van der Waals surface area (Å²) < 4.78 is 14.3. The number of halogens is 1. The highest BCUT2D eigenvalue weighted by Crippen LogP contribution is 2.32. The molecule has 0 saturated heterocycles. The van der Waals surface area contributed by atoms with Gasteiger partial charge in [0.25, 0.3) is 0 Å². The fourth-order valence-corrected chi connectivity index (χ4v) is 2.94. The van der Waals surface area contributed by atoms with E-state index in [0.717, 1.165) is 10.0 Å². The average molecular weight is 253 g/mol. The lowest BCUT2D eigenvalue weighted by molar-refractivity contribution is 0.112. The predicted molar refractivity (Wildman–Crippen MR) is 62.8 cm³/mol. The molecule has 0 atom stereocenters. The number of carbonyl (C=O) groups is 1. The van der Waals surface area contributed by atoms with E-state index >= 15 is 0 Å². The molecule has 0 saturated carbocycles. The Labute approximate surface area is 101 Å². The molecule has 1 aromatic carbocycles. The SMILES string of the molecule is Cc1csc(Sc2ccc(C=O)cc2F)n1. The molecule has 16 heavy (non-hydrogen) atoms. The van der Waals surface area contributed by atoms with Crippen LogP contribution >= 0.6 is 23.1 Å². The van der Waals surface area contributed by atoms with E-state index in [2.05, 4.69) is 4.98 Å². The number of aryl methyl sites for hydroxylation is 1. The number of rotatable bonds is 3. The molecule has 2 rings (SSSR count). The highest BCUT2D eigenvalue weighted by atomic mass is 32.2. The number of thiazole rings is 1. The van der Waals surface area contributed by atoms with Gasteiger partial charge in [0, 0.05) is 16.6 Å². The lowest BCUT2D eigenvalue weighted by atomic mass is 10.2. The molecular formula is C11H8FNOS2. The van der Waals surface area contributed by atoms with E-state index in [1.54, 1.807) is 12.1 Å². The minimum absolute atomic E-state index is 0.345. The lowest BCUT2D eigenvalue weighted by Crippen LogP contribution is -1.85. The highest BCUT2D eigenvalue weighted by molar-refractivity contribution is 8.01. The lowest BCUT2D eigenvalue weighted by Gasteiger charge is -2.00. The summed E-state index contributed by atoms with van der Waals surface area (Å²) in [5, 5.41) is 1.92. The maximum absolute atomic E-state index is 13.5. The first-order chi connectivity index (χ1) is 7.69. The van der Waals surface area contributed by atoms with Crippen molar-refractivity contribution in [3.63, 3.8) is 0 Å². The van der Waals surface area contributed by atoms with Gasteiger partial charge in [-0.25, -0.2) is 9.37 Å². The Hall–Kier alpha value is -1.20. The summed E-state index contributed by atoms with van der Waals surface area (Å²) in [6.07, 6.45) is 0.630. The number of carbonyl (C=O) groups excluding carboxylic acids is 1. The van der Waals surface area contributed by atoms with Crippen LogP contribution in [0.25, 0.3) is 0 Å². The number of benzene rings is 1. The van der Waals surface area contributed by atoms with Gasteiger partial charge in [-0.1, -0.05) is 17.8 Å². The molecule has 0 bridgehead atoms. The van der Waals surface area contributed by atoms with Crippen LogP contribution in [0.5, 0.6) is 0 Å². The van der Waals surface area contributed by atoms with E-state index in [1.807, 2.05) is 12.3 Å². The van der Waals surface area contributed by atoms with Gasteiger partial charge in [0.15, 0.2) is 4.34 Å². The van der Waals surface area contributed by atoms with Crippen molar-refractivity contribution in [3.05, 3.63) is 40.7 Å². The molecule has 2 aromatic rings. The Morgan fingerprint density at radius 1 is 1.50 bits per heavy atom. The van der Waals surface area contributed by atoms with E-state index in [1.165, 1.54) is 29.2 Å². The van der Waals surface area contributed by atoms with Crippen molar-refractivity contribution >= 4 is 29.4 Å².